The summed E-state index contributed by atoms with van der Waals surface area (Å²) in [6.45, 7) is 0.472. The van der Waals surface area contributed by atoms with E-state index in [1.165, 1.54) is 17.4 Å². The lowest BCUT2D eigenvalue weighted by molar-refractivity contribution is 0.185. The van der Waals surface area contributed by atoms with Gasteiger partial charge in [0.15, 0.2) is 0 Å². The van der Waals surface area contributed by atoms with Gasteiger partial charge in [0.05, 0.1) is 17.0 Å². The lowest BCUT2D eigenvalue weighted by Gasteiger charge is -1.95. The summed E-state index contributed by atoms with van der Waals surface area (Å²) in [7, 11) is 1.62. The summed E-state index contributed by atoms with van der Waals surface area (Å²) in [6.07, 6.45) is 0. The molecule has 0 fully saturated rings. The smallest absolute Gasteiger partial charge is 0.120 e. The van der Waals surface area contributed by atoms with Crippen LogP contribution in [0.1, 0.15) is 5.01 Å². The number of hydrogen-bond acceptors (Lipinski definition) is 5. The van der Waals surface area contributed by atoms with Gasteiger partial charge in [0.25, 0.3) is 0 Å². The molecule has 0 aliphatic heterocycles. The van der Waals surface area contributed by atoms with E-state index in [0.717, 1.165) is 15.2 Å². The van der Waals surface area contributed by atoms with Gasteiger partial charge in [-0.1, -0.05) is 0 Å². The van der Waals surface area contributed by atoms with Crippen molar-refractivity contribution in [3.05, 3.63) is 17.1 Å². The van der Waals surface area contributed by atoms with Crippen molar-refractivity contribution in [3.63, 3.8) is 0 Å². The predicted molar refractivity (Wildman–Crippen MR) is 56.4 cm³/mol. The molecule has 4 nitrogen and oxygen atoms in total. The monoisotopic (exact) mass is 210 g/mol. The van der Waals surface area contributed by atoms with Crippen LogP contribution in [0.3, 0.4) is 0 Å². The summed E-state index contributed by atoms with van der Waals surface area (Å²) < 4.78 is 5.86. The van der Waals surface area contributed by atoms with Gasteiger partial charge >= 0.3 is 0 Å². The molecule has 1 aromatic carbocycles. The van der Waals surface area contributed by atoms with Crippen LogP contribution in [-0.2, 0) is 11.3 Å². The molecule has 2 aromatic rings. The highest BCUT2D eigenvalue weighted by Gasteiger charge is 2.07. The molecule has 0 saturated carbocycles. The van der Waals surface area contributed by atoms with Crippen LogP contribution in [0.4, 0.5) is 5.69 Å². The van der Waals surface area contributed by atoms with Crippen LogP contribution in [-0.4, -0.2) is 17.2 Å². The number of methoxy groups -OCH3 is 1. The Balaban J connectivity index is 2.58. The number of thiazole rings is 1. The van der Waals surface area contributed by atoms with Crippen molar-refractivity contribution in [2.75, 3.05) is 12.8 Å². The predicted octanol–water partition coefficient (Wildman–Crippen LogP) is 1.73. The van der Waals surface area contributed by atoms with Crippen LogP contribution in [0, 0.1) is 0 Å². The van der Waals surface area contributed by atoms with E-state index in [-0.39, 0.29) is 5.75 Å². The fraction of sp³-hybridized carbons (Fsp3) is 0.222. The molecule has 0 radical (unpaired) electrons. The number of nitrogen functional groups attached to an aromatic ring is 1. The van der Waals surface area contributed by atoms with Gasteiger partial charge in [0, 0.05) is 13.2 Å². The van der Waals surface area contributed by atoms with Gasteiger partial charge in [-0.05, 0) is 6.07 Å². The van der Waals surface area contributed by atoms with Gasteiger partial charge in [0.2, 0.25) is 0 Å². The first kappa shape index (κ1) is 9.23. The maximum atomic E-state index is 9.32. The summed E-state index contributed by atoms with van der Waals surface area (Å²) >= 11 is 1.47. The fourth-order valence-corrected chi connectivity index (χ4v) is 2.28. The standard InChI is InChI=1S/C9H10N2O2S/c1-13-4-8-11-9-6(10)2-5(12)3-7(9)14-8/h2-3,12H,4,10H2,1H3. The molecule has 0 atom stereocenters. The Morgan fingerprint density at radius 3 is 3.07 bits per heavy atom. The summed E-state index contributed by atoms with van der Waals surface area (Å²) in [5.74, 6) is 0.169. The maximum absolute atomic E-state index is 9.32. The first-order chi connectivity index (χ1) is 6.70. The van der Waals surface area contributed by atoms with Crippen LogP contribution < -0.4 is 5.73 Å². The highest BCUT2D eigenvalue weighted by Crippen LogP contribution is 2.30. The Bertz CT molecular complexity index is 467. The number of fused-ring (bicyclic) bond motifs is 1. The summed E-state index contributed by atoms with van der Waals surface area (Å²) in [5, 5.41) is 10.2. The number of hydrogen-bond donors (Lipinski definition) is 2. The van der Waals surface area contributed by atoms with Crippen LogP contribution >= 0.6 is 11.3 Å². The summed E-state index contributed by atoms with van der Waals surface area (Å²) in [5.41, 5.74) is 6.94. The zero-order chi connectivity index (χ0) is 10.1. The van der Waals surface area contributed by atoms with Crippen molar-refractivity contribution in [1.82, 2.24) is 4.98 Å². The third kappa shape index (κ3) is 1.51. The number of rotatable bonds is 2. The van der Waals surface area contributed by atoms with E-state index in [4.69, 9.17) is 10.5 Å². The number of anilines is 1. The molecule has 0 aliphatic carbocycles. The van der Waals surface area contributed by atoms with Gasteiger partial charge < -0.3 is 15.6 Å². The Hall–Kier alpha value is -1.33. The van der Waals surface area contributed by atoms with Crippen molar-refractivity contribution in [2.24, 2.45) is 0 Å². The quantitative estimate of drug-likeness (QED) is 0.741. The van der Waals surface area contributed by atoms with Crippen molar-refractivity contribution in [3.8, 4) is 5.75 Å². The molecule has 74 valence electrons. The van der Waals surface area contributed by atoms with Crippen molar-refractivity contribution < 1.29 is 9.84 Å². The molecule has 3 N–H and O–H groups in total. The van der Waals surface area contributed by atoms with Gasteiger partial charge in [-0.15, -0.1) is 11.3 Å². The topological polar surface area (TPSA) is 68.4 Å². The van der Waals surface area contributed by atoms with Crippen molar-refractivity contribution in [2.45, 2.75) is 6.61 Å². The van der Waals surface area contributed by atoms with Crippen LogP contribution in [0.15, 0.2) is 12.1 Å². The minimum absolute atomic E-state index is 0.169. The van der Waals surface area contributed by atoms with Crippen molar-refractivity contribution >= 4 is 27.2 Å². The number of phenolic OH excluding ortho intramolecular Hbond substituents is 1. The second-order valence-corrected chi connectivity index (χ2v) is 4.04. The van der Waals surface area contributed by atoms with Gasteiger partial charge in [-0.3, -0.25) is 0 Å². The number of aromatic hydroxyl groups is 1. The Morgan fingerprint density at radius 1 is 1.57 bits per heavy atom. The van der Waals surface area contributed by atoms with E-state index in [0.29, 0.717) is 12.3 Å². The number of nitrogens with two attached hydrogens (primary N) is 1. The second kappa shape index (κ2) is 3.43. The molecule has 0 amide bonds. The molecular weight excluding hydrogens is 200 g/mol. The molecule has 1 heterocycles. The molecule has 0 spiro atoms. The highest BCUT2D eigenvalue weighted by atomic mass is 32.1. The molecule has 0 saturated heterocycles. The van der Waals surface area contributed by atoms with Crippen LogP contribution in [0.2, 0.25) is 0 Å². The maximum Gasteiger partial charge on any atom is 0.120 e. The van der Waals surface area contributed by atoms with E-state index in [9.17, 15) is 5.11 Å². The Labute approximate surface area is 85.0 Å². The summed E-state index contributed by atoms with van der Waals surface area (Å²) in [6, 6.07) is 3.15. The molecule has 1 aromatic heterocycles. The van der Waals surface area contributed by atoms with E-state index < -0.39 is 0 Å². The lowest BCUT2D eigenvalue weighted by atomic mass is 10.3. The SMILES string of the molecule is COCc1nc2c(N)cc(O)cc2s1. The average Bonchev–Trinajstić information content (AvgIpc) is 2.48. The minimum Gasteiger partial charge on any atom is -0.508 e. The fourth-order valence-electron chi connectivity index (χ4n) is 1.27. The first-order valence-corrected chi connectivity index (χ1v) is 4.89. The molecule has 0 bridgehead atoms. The van der Waals surface area contributed by atoms with E-state index in [1.807, 2.05) is 0 Å². The van der Waals surface area contributed by atoms with Crippen LogP contribution in [0.25, 0.3) is 10.2 Å². The van der Waals surface area contributed by atoms with E-state index in [2.05, 4.69) is 4.98 Å². The Kier molecular flexibility index (Phi) is 2.26. The zero-order valence-electron chi connectivity index (χ0n) is 7.65. The number of ether oxygens (including phenoxy) is 1. The minimum atomic E-state index is 0.169. The average molecular weight is 210 g/mol. The second-order valence-electron chi connectivity index (χ2n) is 2.92. The molecule has 5 heteroatoms. The normalized spacial score (nSPS) is 10.9. The molecule has 14 heavy (non-hydrogen) atoms. The largest absolute Gasteiger partial charge is 0.508 e. The third-order valence-corrected chi connectivity index (χ3v) is 2.80. The van der Waals surface area contributed by atoms with E-state index >= 15 is 0 Å². The number of benzene rings is 1. The van der Waals surface area contributed by atoms with Crippen molar-refractivity contribution in [1.29, 1.82) is 0 Å². The van der Waals surface area contributed by atoms with Gasteiger partial charge in [0.1, 0.15) is 16.3 Å². The van der Waals surface area contributed by atoms with Gasteiger partial charge in [-0.2, -0.15) is 0 Å². The molecule has 0 aliphatic rings. The molecule has 2 rings (SSSR count). The Morgan fingerprint density at radius 2 is 2.36 bits per heavy atom. The number of aromatic nitrogens is 1. The summed E-state index contributed by atoms with van der Waals surface area (Å²) in [4.78, 5) is 4.30. The molecule has 0 unspecified atom stereocenters. The number of phenols is 1. The van der Waals surface area contributed by atoms with Crippen LogP contribution in [0.5, 0.6) is 5.75 Å². The number of nitrogens with zero attached hydrogens (tertiary/aromatic N) is 1. The zero-order valence-corrected chi connectivity index (χ0v) is 8.47. The highest BCUT2D eigenvalue weighted by molar-refractivity contribution is 7.18. The third-order valence-electron chi connectivity index (χ3n) is 1.82. The lowest BCUT2D eigenvalue weighted by Crippen LogP contribution is -1.87. The van der Waals surface area contributed by atoms with E-state index in [1.54, 1.807) is 13.2 Å². The van der Waals surface area contributed by atoms with Gasteiger partial charge in [-0.25, -0.2) is 4.98 Å². The molecular formula is C9H10N2O2S. The first-order valence-electron chi connectivity index (χ1n) is 4.07.